The van der Waals surface area contributed by atoms with E-state index in [0.717, 1.165) is 28.6 Å². The monoisotopic (exact) mass is 292 g/mol. The largest absolute Gasteiger partial charge is 0.268 e. The topological polar surface area (TPSA) is 43.1 Å². The van der Waals surface area contributed by atoms with E-state index in [9.17, 15) is 0 Å². The third-order valence-corrected chi connectivity index (χ3v) is 5.29. The lowest BCUT2D eigenvalue weighted by Gasteiger charge is -2.17. The molecule has 0 bridgehead atoms. The van der Waals surface area contributed by atoms with Crippen molar-refractivity contribution in [2.75, 3.05) is 0 Å². The Balaban J connectivity index is 2.07. The molecule has 0 aliphatic heterocycles. The molecule has 0 saturated carbocycles. The van der Waals surface area contributed by atoms with Gasteiger partial charge in [-0.15, -0.1) is 33.1 Å². The van der Waals surface area contributed by atoms with Gasteiger partial charge in [0, 0.05) is 4.88 Å². The van der Waals surface area contributed by atoms with Crippen LogP contribution in [0.3, 0.4) is 0 Å². The smallest absolute Gasteiger partial charge is 0.172 e. The number of fused-ring (bicyclic) bond motifs is 5. The van der Waals surface area contributed by atoms with E-state index in [2.05, 4.69) is 22.1 Å². The summed E-state index contributed by atoms with van der Waals surface area (Å²) in [7, 11) is 0. The van der Waals surface area contributed by atoms with E-state index < -0.39 is 0 Å². The van der Waals surface area contributed by atoms with Gasteiger partial charge in [-0.1, -0.05) is 6.92 Å². The van der Waals surface area contributed by atoms with Gasteiger partial charge in [-0.05, 0) is 30.7 Å². The second kappa shape index (κ2) is 4.15. The molecule has 98 valence electrons. The zero-order chi connectivity index (χ0) is 13.0. The number of thiophene rings is 1. The molecular weight excluding hydrogens is 280 g/mol. The summed E-state index contributed by atoms with van der Waals surface area (Å²) < 4.78 is 1.92. The highest BCUT2D eigenvalue weighted by molar-refractivity contribution is 7.19. The molecule has 4 nitrogen and oxygen atoms in total. The van der Waals surface area contributed by atoms with Crippen molar-refractivity contribution < 1.29 is 0 Å². The number of halogens is 1. The Morgan fingerprint density at radius 2 is 2.37 bits per heavy atom. The van der Waals surface area contributed by atoms with Gasteiger partial charge in [0.2, 0.25) is 0 Å². The fraction of sp³-hybridized carbons (Fsp3) is 0.462. The van der Waals surface area contributed by atoms with Crippen molar-refractivity contribution in [3.8, 4) is 0 Å². The van der Waals surface area contributed by atoms with E-state index in [-0.39, 0.29) is 0 Å². The minimum atomic E-state index is 0.359. The first-order valence-corrected chi connectivity index (χ1v) is 7.82. The average molecular weight is 293 g/mol. The van der Waals surface area contributed by atoms with E-state index in [1.165, 1.54) is 28.7 Å². The molecule has 1 aliphatic carbocycles. The van der Waals surface area contributed by atoms with Crippen LogP contribution in [0, 0.1) is 5.92 Å². The van der Waals surface area contributed by atoms with Crippen molar-refractivity contribution in [2.24, 2.45) is 5.92 Å². The maximum atomic E-state index is 5.89. The fourth-order valence-corrected chi connectivity index (χ4v) is 4.40. The van der Waals surface area contributed by atoms with E-state index in [1.807, 2.05) is 15.7 Å². The van der Waals surface area contributed by atoms with Crippen molar-refractivity contribution in [3.05, 3.63) is 22.6 Å². The molecule has 4 rings (SSSR count). The summed E-state index contributed by atoms with van der Waals surface area (Å²) in [4.78, 5) is 7.12. The Morgan fingerprint density at radius 1 is 1.47 bits per heavy atom. The molecule has 0 radical (unpaired) electrons. The molecule has 3 aromatic heterocycles. The molecule has 0 unspecified atom stereocenters. The molecule has 6 heteroatoms. The van der Waals surface area contributed by atoms with Crippen LogP contribution in [0.1, 0.15) is 29.6 Å². The molecule has 1 atom stereocenters. The number of alkyl halides is 1. The first-order chi connectivity index (χ1) is 9.28. The lowest BCUT2D eigenvalue weighted by Crippen LogP contribution is -2.08. The van der Waals surface area contributed by atoms with Gasteiger partial charge in [-0.2, -0.15) is 0 Å². The van der Waals surface area contributed by atoms with Crippen LogP contribution in [0.2, 0.25) is 0 Å². The Morgan fingerprint density at radius 3 is 3.21 bits per heavy atom. The van der Waals surface area contributed by atoms with Gasteiger partial charge in [-0.25, -0.2) is 4.98 Å². The maximum Gasteiger partial charge on any atom is 0.172 e. The van der Waals surface area contributed by atoms with Crippen LogP contribution in [0.4, 0.5) is 0 Å². The zero-order valence-corrected chi connectivity index (χ0v) is 12.1. The lowest BCUT2D eigenvalue weighted by molar-refractivity contribution is 0.509. The van der Waals surface area contributed by atoms with E-state index in [1.54, 1.807) is 6.33 Å². The standard InChI is InChI=1S/C13H13ClN4S/c1-7-2-3-8-9(4-7)19-13-11(8)12-17-16-10(5-14)18(12)6-15-13/h6-7H,2-5H2,1H3/t7-/m1/s1. The molecule has 3 aromatic rings. The zero-order valence-electron chi connectivity index (χ0n) is 10.6. The summed E-state index contributed by atoms with van der Waals surface area (Å²) in [6.45, 7) is 2.32. The van der Waals surface area contributed by atoms with Gasteiger partial charge < -0.3 is 0 Å². The van der Waals surface area contributed by atoms with Crippen LogP contribution in [0.25, 0.3) is 15.9 Å². The number of hydrogen-bond acceptors (Lipinski definition) is 4. The van der Waals surface area contributed by atoms with Crippen molar-refractivity contribution >= 4 is 38.8 Å². The minimum Gasteiger partial charge on any atom is -0.268 e. The van der Waals surface area contributed by atoms with Crippen LogP contribution in [-0.2, 0) is 18.7 Å². The Hall–Kier alpha value is -1.20. The molecule has 0 saturated heterocycles. The SMILES string of the molecule is C[C@@H]1CCc2c(sc3ncn4c(CCl)nnc4c23)C1. The summed E-state index contributed by atoms with van der Waals surface area (Å²) in [6, 6.07) is 0. The highest BCUT2D eigenvalue weighted by Gasteiger charge is 2.23. The van der Waals surface area contributed by atoms with Crippen LogP contribution < -0.4 is 0 Å². The van der Waals surface area contributed by atoms with Gasteiger partial charge in [-0.3, -0.25) is 4.40 Å². The summed E-state index contributed by atoms with van der Waals surface area (Å²) in [5.41, 5.74) is 2.34. The quantitative estimate of drug-likeness (QED) is 0.647. The van der Waals surface area contributed by atoms with Crippen LogP contribution in [0.5, 0.6) is 0 Å². The molecule has 0 aromatic carbocycles. The number of aryl methyl sites for hydroxylation is 1. The highest BCUT2D eigenvalue weighted by Crippen LogP contribution is 2.38. The van der Waals surface area contributed by atoms with Gasteiger partial charge in [0.1, 0.15) is 11.2 Å². The number of rotatable bonds is 1. The summed E-state index contributed by atoms with van der Waals surface area (Å²) >= 11 is 7.70. The second-order valence-electron chi connectivity index (χ2n) is 5.22. The average Bonchev–Trinajstić information content (AvgIpc) is 2.97. The van der Waals surface area contributed by atoms with Gasteiger partial charge in [0.15, 0.2) is 11.5 Å². The molecule has 0 fully saturated rings. The summed E-state index contributed by atoms with van der Waals surface area (Å²) in [6.07, 6.45) is 5.33. The van der Waals surface area contributed by atoms with Crippen molar-refractivity contribution in [2.45, 2.75) is 32.1 Å². The lowest BCUT2D eigenvalue weighted by atomic mass is 9.89. The molecule has 19 heavy (non-hydrogen) atoms. The molecular formula is C13H13ClN4S. The highest BCUT2D eigenvalue weighted by atomic mass is 35.5. The van der Waals surface area contributed by atoms with Crippen LogP contribution in [0.15, 0.2) is 6.33 Å². The maximum absolute atomic E-state index is 5.89. The first kappa shape index (κ1) is 11.6. The molecule has 0 spiro atoms. The molecule has 3 heterocycles. The van der Waals surface area contributed by atoms with Gasteiger partial charge >= 0.3 is 0 Å². The minimum absolute atomic E-state index is 0.359. The predicted octanol–water partition coefficient (Wildman–Crippen LogP) is 3.20. The molecule has 0 N–H and O–H groups in total. The van der Waals surface area contributed by atoms with Gasteiger partial charge in [0.05, 0.1) is 11.3 Å². The third kappa shape index (κ3) is 1.61. The van der Waals surface area contributed by atoms with Crippen LogP contribution >= 0.6 is 22.9 Å². The van der Waals surface area contributed by atoms with Crippen molar-refractivity contribution in [1.29, 1.82) is 0 Å². The number of nitrogens with zero attached hydrogens (tertiary/aromatic N) is 4. The normalized spacial score (nSPS) is 19.2. The van der Waals surface area contributed by atoms with E-state index in [0.29, 0.717) is 5.88 Å². The fourth-order valence-electron chi connectivity index (χ4n) is 2.87. The number of aromatic nitrogens is 4. The van der Waals surface area contributed by atoms with Crippen LogP contribution in [-0.4, -0.2) is 19.6 Å². The molecule has 0 amide bonds. The number of hydrogen-bond donors (Lipinski definition) is 0. The van der Waals surface area contributed by atoms with E-state index in [4.69, 9.17) is 11.6 Å². The third-order valence-electron chi connectivity index (χ3n) is 3.89. The van der Waals surface area contributed by atoms with E-state index >= 15 is 0 Å². The Kier molecular flexibility index (Phi) is 2.53. The summed E-state index contributed by atoms with van der Waals surface area (Å²) in [5, 5.41) is 9.66. The first-order valence-electron chi connectivity index (χ1n) is 6.46. The van der Waals surface area contributed by atoms with Crippen molar-refractivity contribution in [3.63, 3.8) is 0 Å². The second-order valence-corrected chi connectivity index (χ2v) is 6.57. The van der Waals surface area contributed by atoms with Gasteiger partial charge in [0.25, 0.3) is 0 Å². The summed E-state index contributed by atoms with van der Waals surface area (Å²) in [5.74, 6) is 1.89. The Bertz CT molecular complexity index is 776. The van der Waals surface area contributed by atoms with Crippen molar-refractivity contribution in [1.82, 2.24) is 19.6 Å². The molecule has 1 aliphatic rings. The Labute approximate surface area is 119 Å². The predicted molar refractivity (Wildman–Crippen MR) is 76.9 cm³/mol.